The fourth-order valence-corrected chi connectivity index (χ4v) is 2.70. The molecule has 1 fully saturated rings. The van der Waals surface area contributed by atoms with Crippen LogP contribution in [0.4, 0.5) is 0 Å². The number of imidazole rings is 1. The van der Waals surface area contributed by atoms with Crippen molar-refractivity contribution in [1.29, 1.82) is 0 Å². The molecule has 1 aliphatic rings. The van der Waals surface area contributed by atoms with Crippen LogP contribution in [0, 0.1) is 17.6 Å². The van der Waals surface area contributed by atoms with Crippen molar-refractivity contribution < 1.29 is 4.74 Å². The Kier molecular flexibility index (Phi) is 3.71. The van der Waals surface area contributed by atoms with Crippen molar-refractivity contribution in [3.63, 3.8) is 0 Å². The van der Waals surface area contributed by atoms with E-state index in [0.29, 0.717) is 0 Å². The van der Waals surface area contributed by atoms with E-state index in [4.69, 9.17) is 17.0 Å². The van der Waals surface area contributed by atoms with Gasteiger partial charge in [-0.25, -0.2) is 0 Å². The monoisotopic (exact) mass is 276 g/mol. The van der Waals surface area contributed by atoms with Crippen LogP contribution < -0.4 is 0 Å². The third-order valence-corrected chi connectivity index (χ3v) is 4.06. The SMILES string of the molecule is Cc1cccc2c1[nH]c(=S)n2CCCOCC1CC1. The van der Waals surface area contributed by atoms with E-state index in [-0.39, 0.29) is 0 Å². The minimum atomic E-state index is 0.812. The van der Waals surface area contributed by atoms with Crippen LogP contribution in [0.15, 0.2) is 18.2 Å². The molecule has 2 aromatic rings. The number of rotatable bonds is 6. The molecule has 3 rings (SSSR count). The van der Waals surface area contributed by atoms with Crippen molar-refractivity contribution in [1.82, 2.24) is 9.55 Å². The summed E-state index contributed by atoms with van der Waals surface area (Å²) in [4.78, 5) is 3.30. The molecule has 0 saturated heterocycles. The van der Waals surface area contributed by atoms with Crippen LogP contribution in [0.25, 0.3) is 11.0 Å². The van der Waals surface area contributed by atoms with Gasteiger partial charge in [-0.05, 0) is 56.0 Å². The van der Waals surface area contributed by atoms with Crippen LogP contribution in [0.3, 0.4) is 0 Å². The average molecular weight is 276 g/mol. The Morgan fingerprint density at radius 3 is 3.05 bits per heavy atom. The molecule has 1 N–H and O–H groups in total. The number of nitrogens with zero attached hydrogens (tertiary/aromatic N) is 1. The highest BCUT2D eigenvalue weighted by molar-refractivity contribution is 7.71. The number of aryl methyl sites for hydroxylation is 2. The Hall–Kier alpha value is -1.13. The second kappa shape index (κ2) is 5.47. The lowest BCUT2D eigenvalue weighted by Crippen LogP contribution is -2.04. The molecule has 1 aromatic heterocycles. The average Bonchev–Trinajstić information content (AvgIpc) is 3.15. The van der Waals surface area contributed by atoms with Gasteiger partial charge in [-0.1, -0.05) is 12.1 Å². The van der Waals surface area contributed by atoms with Crippen LogP contribution >= 0.6 is 12.2 Å². The van der Waals surface area contributed by atoms with Crippen molar-refractivity contribution in [3.05, 3.63) is 28.5 Å². The lowest BCUT2D eigenvalue weighted by atomic mass is 10.2. The number of ether oxygens (including phenoxy) is 1. The summed E-state index contributed by atoms with van der Waals surface area (Å²) in [5, 5.41) is 0. The Morgan fingerprint density at radius 1 is 1.42 bits per heavy atom. The van der Waals surface area contributed by atoms with Gasteiger partial charge >= 0.3 is 0 Å². The molecular formula is C15H20N2OS. The van der Waals surface area contributed by atoms with Crippen molar-refractivity contribution in [2.24, 2.45) is 5.92 Å². The Bertz CT molecular complexity index is 625. The topological polar surface area (TPSA) is 29.9 Å². The Morgan fingerprint density at radius 2 is 2.26 bits per heavy atom. The number of hydrogen-bond acceptors (Lipinski definition) is 2. The van der Waals surface area contributed by atoms with E-state index >= 15 is 0 Å². The summed E-state index contributed by atoms with van der Waals surface area (Å²) in [6, 6.07) is 6.32. The third-order valence-electron chi connectivity index (χ3n) is 3.74. The molecule has 1 aliphatic carbocycles. The molecule has 3 nitrogen and oxygen atoms in total. The number of fused-ring (bicyclic) bond motifs is 1. The zero-order chi connectivity index (χ0) is 13.2. The molecular weight excluding hydrogens is 256 g/mol. The minimum absolute atomic E-state index is 0.812. The summed E-state index contributed by atoms with van der Waals surface area (Å²) in [5.41, 5.74) is 3.60. The lowest BCUT2D eigenvalue weighted by molar-refractivity contribution is 0.119. The molecule has 102 valence electrons. The van der Waals surface area contributed by atoms with Gasteiger partial charge in [0.25, 0.3) is 0 Å². The van der Waals surface area contributed by atoms with Gasteiger partial charge in [0.1, 0.15) is 0 Å². The summed E-state index contributed by atoms with van der Waals surface area (Å²) in [6.07, 6.45) is 3.72. The van der Waals surface area contributed by atoms with E-state index in [1.165, 1.54) is 23.9 Å². The standard InChI is InChI=1S/C15H20N2OS/c1-11-4-2-5-13-14(11)16-15(19)17(13)8-3-9-18-10-12-6-7-12/h2,4-5,12H,3,6-10H2,1H3,(H,16,19). The first-order valence-corrected chi connectivity index (χ1v) is 7.42. The van der Waals surface area contributed by atoms with Crippen molar-refractivity contribution in [2.45, 2.75) is 32.7 Å². The molecule has 4 heteroatoms. The van der Waals surface area contributed by atoms with Crippen LogP contribution in [0.2, 0.25) is 0 Å². The van der Waals surface area contributed by atoms with E-state index in [9.17, 15) is 0 Å². The first-order valence-electron chi connectivity index (χ1n) is 7.01. The first-order chi connectivity index (χ1) is 9.25. The van der Waals surface area contributed by atoms with E-state index in [2.05, 4.69) is 34.7 Å². The lowest BCUT2D eigenvalue weighted by Gasteiger charge is -2.06. The molecule has 0 unspecified atom stereocenters. The molecule has 0 bridgehead atoms. The number of hydrogen-bond donors (Lipinski definition) is 1. The molecule has 0 amide bonds. The molecule has 0 spiro atoms. The van der Waals surface area contributed by atoms with Crippen molar-refractivity contribution in [3.8, 4) is 0 Å². The smallest absolute Gasteiger partial charge is 0.178 e. The normalized spacial score (nSPS) is 15.2. The highest BCUT2D eigenvalue weighted by atomic mass is 32.1. The number of aromatic nitrogens is 2. The van der Waals surface area contributed by atoms with E-state index in [0.717, 1.165) is 42.4 Å². The number of H-pyrrole nitrogens is 1. The minimum Gasteiger partial charge on any atom is -0.381 e. The molecule has 1 heterocycles. The van der Waals surface area contributed by atoms with Gasteiger partial charge in [0.05, 0.1) is 11.0 Å². The first kappa shape index (κ1) is 12.9. The maximum absolute atomic E-state index is 5.67. The molecule has 1 saturated carbocycles. The molecule has 1 aromatic carbocycles. The predicted molar refractivity (Wildman–Crippen MR) is 80.0 cm³/mol. The zero-order valence-electron chi connectivity index (χ0n) is 11.3. The Labute approximate surface area is 118 Å². The summed E-state index contributed by atoms with van der Waals surface area (Å²) in [5.74, 6) is 0.845. The van der Waals surface area contributed by atoms with E-state index in [1.807, 2.05) is 0 Å². The molecule has 0 radical (unpaired) electrons. The van der Waals surface area contributed by atoms with E-state index in [1.54, 1.807) is 0 Å². The van der Waals surface area contributed by atoms with Gasteiger partial charge in [0.15, 0.2) is 4.77 Å². The van der Waals surface area contributed by atoms with Gasteiger partial charge in [-0.2, -0.15) is 0 Å². The third kappa shape index (κ3) is 2.90. The molecule has 0 atom stereocenters. The van der Waals surface area contributed by atoms with Gasteiger partial charge in [-0.3, -0.25) is 0 Å². The van der Waals surface area contributed by atoms with Crippen LogP contribution in [-0.2, 0) is 11.3 Å². The molecule has 0 aliphatic heterocycles. The fraction of sp³-hybridized carbons (Fsp3) is 0.533. The predicted octanol–water partition coefficient (Wildman–Crippen LogP) is 3.82. The van der Waals surface area contributed by atoms with Gasteiger partial charge in [0, 0.05) is 19.8 Å². The number of para-hydroxylation sites is 1. The highest BCUT2D eigenvalue weighted by Crippen LogP contribution is 2.28. The maximum atomic E-state index is 5.67. The summed E-state index contributed by atoms with van der Waals surface area (Å²) < 4.78 is 8.66. The summed E-state index contributed by atoms with van der Waals surface area (Å²) in [7, 11) is 0. The second-order valence-electron chi connectivity index (χ2n) is 5.42. The Balaban J connectivity index is 1.64. The highest BCUT2D eigenvalue weighted by Gasteiger charge is 2.20. The molecule has 19 heavy (non-hydrogen) atoms. The quantitative estimate of drug-likeness (QED) is 0.642. The zero-order valence-corrected chi connectivity index (χ0v) is 12.1. The van der Waals surface area contributed by atoms with Crippen LogP contribution in [-0.4, -0.2) is 22.8 Å². The van der Waals surface area contributed by atoms with Crippen LogP contribution in [0.1, 0.15) is 24.8 Å². The fourth-order valence-electron chi connectivity index (χ4n) is 2.40. The maximum Gasteiger partial charge on any atom is 0.178 e. The van der Waals surface area contributed by atoms with Gasteiger partial charge < -0.3 is 14.3 Å². The second-order valence-corrected chi connectivity index (χ2v) is 5.81. The number of benzene rings is 1. The summed E-state index contributed by atoms with van der Waals surface area (Å²) >= 11 is 5.41. The number of nitrogens with one attached hydrogen (secondary N) is 1. The van der Waals surface area contributed by atoms with E-state index < -0.39 is 0 Å². The van der Waals surface area contributed by atoms with Crippen molar-refractivity contribution in [2.75, 3.05) is 13.2 Å². The van der Waals surface area contributed by atoms with Crippen molar-refractivity contribution >= 4 is 23.3 Å². The summed E-state index contributed by atoms with van der Waals surface area (Å²) in [6.45, 7) is 4.80. The van der Waals surface area contributed by atoms with Gasteiger partial charge in [-0.15, -0.1) is 0 Å². The number of aromatic amines is 1. The largest absolute Gasteiger partial charge is 0.381 e. The van der Waals surface area contributed by atoms with Gasteiger partial charge in [0.2, 0.25) is 0 Å². The van der Waals surface area contributed by atoms with Crippen LogP contribution in [0.5, 0.6) is 0 Å².